The van der Waals surface area contributed by atoms with Crippen molar-refractivity contribution in [2.45, 2.75) is 12.3 Å². The van der Waals surface area contributed by atoms with Crippen molar-refractivity contribution in [1.82, 2.24) is 0 Å². The minimum atomic E-state index is 0.419. The molecule has 0 aliphatic carbocycles. The molecule has 2 aromatic carbocycles. The van der Waals surface area contributed by atoms with Gasteiger partial charge in [0, 0.05) is 5.88 Å². The highest BCUT2D eigenvalue weighted by Gasteiger charge is 1.99. The van der Waals surface area contributed by atoms with Gasteiger partial charge in [0.2, 0.25) is 0 Å². The van der Waals surface area contributed by atoms with Crippen LogP contribution in [0.4, 0.5) is 0 Å². The summed E-state index contributed by atoms with van der Waals surface area (Å²) in [7, 11) is 0. The number of hydrogen-bond acceptors (Lipinski definition) is 2. The lowest BCUT2D eigenvalue weighted by molar-refractivity contribution is 0.482. The van der Waals surface area contributed by atoms with Gasteiger partial charge in [-0.15, -0.1) is 11.6 Å². The second kappa shape index (κ2) is 6.09. The third-order valence-electron chi connectivity index (χ3n) is 2.49. The summed E-state index contributed by atoms with van der Waals surface area (Å²) in [4.78, 5) is 0. The Morgan fingerprint density at radius 2 is 1.78 bits per heavy atom. The molecule has 0 amide bonds. The van der Waals surface area contributed by atoms with Crippen LogP contribution in [0.25, 0.3) is 0 Å². The number of rotatable bonds is 4. The van der Waals surface area contributed by atoms with Crippen LogP contribution in [0.3, 0.4) is 0 Å². The van der Waals surface area contributed by atoms with E-state index in [-0.39, 0.29) is 0 Å². The van der Waals surface area contributed by atoms with E-state index in [0.717, 1.165) is 22.6 Å². The molecule has 0 saturated heterocycles. The van der Waals surface area contributed by atoms with Gasteiger partial charge in [-0.05, 0) is 35.4 Å². The standard InChI is InChI=1S/C15H12ClNO/c16-11-13-2-1-3-15(10-13)18-14-6-4-12(5-7-14)8-9-17/h1-7,10H,8,11H2. The maximum atomic E-state index is 8.59. The van der Waals surface area contributed by atoms with Crippen molar-refractivity contribution in [2.75, 3.05) is 0 Å². The van der Waals surface area contributed by atoms with Crippen LogP contribution in [0.5, 0.6) is 11.5 Å². The Kier molecular flexibility index (Phi) is 4.22. The number of benzene rings is 2. The molecule has 2 nitrogen and oxygen atoms in total. The van der Waals surface area contributed by atoms with E-state index in [1.54, 1.807) is 0 Å². The number of alkyl halides is 1. The van der Waals surface area contributed by atoms with Gasteiger partial charge in [-0.2, -0.15) is 5.26 Å². The van der Waals surface area contributed by atoms with Gasteiger partial charge in [-0.25, -0.2) is 0 Å². The Balaban J connectivity index is 2.11. The van der Waals surface area contributed by atoms with Crippen LogP contribution in [0.15, 0.2) is 48.5 Å². The van der Waals surface area contributed by atoms with Crippen LogP contribution in [-0.2, 0) is 12.3 Å². The van der Waals surface area contributed by atoms with Gasteiger partial charge < -0.3 is 4.74 Å². The number of ether oxygens (including phenoxy) is 1. The van der Waals surface area contributed by atoms with Crippen LogP contribution in [0, 0.1) is 11.3 Å². The third-order valence-corrected chi connectivity index (χ3v) is 2.80. The first-order valence-corrected chi connectivity index (χ1v) is 6.14. The average molecular weight is 258 g/mol. The zero-order valence-electron chi connectivity index (χ0n) is 9.77. The molecule has 0 spiro atoms. The predicted octanol–water partition coefficient (Wildman–Crippen LogP) is 4.28. The highest BCUT2D eigenvalue weighted by Crippen LogP contribution is 2.23. The summed E-state index contributed by atoms with van der Waals surface area (Å²) >= 11 is 5.77. The molecule has 0 saturated carbocycles. The second-order valence-electron chi connectivity index (χ2n) is 3.86. The maximum Gasteiger partial charge on any atom is 0.127 e. The summed E-state index contributed by atoms with van der Waals surface area (Å²) in [5, 5.41) is 8.59. The summed E-state index contributed by atoms with van der Waals surface area (Å²) in [5.74, 6) is 1.99. The molecular formula is C15H12ClNO. The molecule has 0 unspecified atom stereocenters. The molecule has 18 heavy (non-hydrogen) atoms. The van der Waals surface area contributed by atoms with E-state index < -0.39 is 0 Å². The second-order valence-corrected chi connectivity index (χ2v) is 4.13. The van der Waals surface area contributed by atoms with Gasteiger partial charge in [0.15, 0.2) is 0 Å². The summed E-state index contributed by atoms with van der Waals surface area (Å²) < 4.78 is 5.71. The molecule has 0 fully saturated rings. The number of nitriles is 1. The first-order valence-electron chi connectivity index (χ1n) is 5.60. The highest BCUT2D eigenvalue weighted by atomic mass is 35.5. The lowest BCUT2D eigenvalue weighted by atomic mass is 10.1. The summed E-state index contributed by atoms with van der Waals surface area (Å²) in [6, 6.07) is 17.3. The van der Waals surface area contributed by atoms with Gasteiger partial charge in [0.05, 0.1) is 12.5 Å². The lowest BCUT2D eigenvalue weighted by Crippen LogP contribution is -1.87. The van der Waals surface area contributed by atoms with Gasteiger partial charge in [-0.3, -0.25) is 0 Å². The van der Waals surface area contributed by atoms with Crippen LogP contribution in [0.1, 0.15) is 11.1 Å². The predicted molar refractivity (Wildman–Crippen MR) is 71.8 cm³/mol. The topological polar surface area (TPSA) is 33.0 Å². The Morgan fingerprint density at radius 1 is 1.00 bits per heavy atom. The first-order chi connectivity index (χ1) is 8.81. The van der Waals surface area contributed by atoms with Gasteiger partial charge in [0.1, 0.15) is 11.5 Å². The van der Waals surface area contributed by atoms with Crippen molar-refractivity contribution in [3.05, 3.63) is 59.7 Å². The molecule has 0 heterocycles. The van der Waals surface area contributed by atoms with Crippen molar-refractivity contribution in [2.24, 2.45) is 0 Å². The monoisotopic (exact) mass is 257 g/mol. The summed E-state index contributed by atoms with van der Waals surface area (Å²) in [6.45, 7) is 0. The molecule has 2 rings (SSSR count). The summed E-state index contributed by atoms with van der Waals surface area (Å²) in [5.41, 5.74) is 2.01. The van der Waals surface area contributed by atoms with Crippen LogP contribution < -0.4 is 4.74 Å². The largest absolute Gasteiger partial charge is 0.457 e. The molecule has 0 N–H and O–H groups in total. The van der Waals surface area contributed by atoms with Crippen molar-refractivity contribution in [3.8, 4) is 17.6 Å². The van der Waals surface area contributed by atoms with Gasteiger partial charge >= 0.3 is 0 Å². The first kappa shape index (κ1) is 12.5. The molecule has 0 bridgehead atoms. The average Bonchev–Trinajstić information content (AvgIpc) is 2.42. The quantitative estimate of drug-likeness (QED) is 0.766. The van der Waals surface area contributed by atoms with E-state index in [1.165, 1.54) is 0 Å². The van der Waals surface area contributed by atoms with Crippen molar-refractivity contribution in [3.63, 3.8) is 0 Å². The van der Waals surface area contributed by atoms with E-state index in [9.17, 15) is 0 Å². The molecular weight excluding hydrogens is 246 g/mol. The molecule has 90 valence electrons. The van der Waals surface area contributed by atoms with Crippen LogP contribution in [0.2, 0.25) is 0 Å². The third kappa shape index (κ3) is 3.26. The van der Waals surface area contributed by atoms with Gasteiger partial charge in [-0.1, -0.05) is 24.3 Å². The number of nitrogens with zero attached hydrogens (tertiary/aromatic N) is 1. The number of halogens is 1. The fourth-order valence-electron chi connectivity index (χ4n) is 1.59. The minimum absolute atomic E-state index is 0.419. The smallest absolute Gasteiger partial charge is 0.127 e. The number of hydrogen-bond donors (Lipinski definition) is 0. The molecule has 0 radical (unpaired) electrons. The maximum absolute atomic E-state index is 8.59. The SMILES string of the molecule is N#CCc1ccc(Oc2cccc(CCl)c2)cc1. The van der Waals surface area contributed by atoms with Crippen molar-refractivity contribution in [1.29, 1.82) is 5.26 Å². The highest BCUT2D eigenvalue weighted by molar-refractivity contribution is 6.17. The molecule has 3 heteroatoms. The lowest BCUT2D eigenvalue weighted by Gasteiger charge is -2.07. The van der Waals surface area contributed by atoms with E-state index >= 15 is 0 Å². The van der Waals surface area contributed by atoms with Crippen molar-refractivity contribution >= 4 is 11.6 Å². The van der Waals surface area contributed by atoms with Crippen molar-refractivity contribution < 1.29 is 4.74 Å². The fourth-order valence-corrected chi connectivity index (χ4v) is 1.76. The van der Waals surface area contributed by atoms with Crippen LogP contribution >= 0.6 is 11.6 Å². The van der Waals surface area contributed by atoms with E-state index in [2.05, 4.69) is 6.07 Å². The molecule has 0 atom stereocenters. The zero-order valence-corrected chi connectivity index (χ0v) is 10.5. The Labute approximate surface area is 111 Å². The molecule has 0 aliphatic heterocycles. The molecule has 2 aromatic rings. The molecule has 0 aromatic heterocycles. The van der Waals surface area contributed by atoms with E-state index in [0.29, 0.717) is 12.3 Å². The molecule has 0 aliphatic rings. The summed E-state index contributed by atoms with van der Waals surface area (Å²) in [6.07, 6.45) is 0.419. The fraction of sp³-hybridized carbons (Fsp3) is 0.133. The Bertz CT molecular complexity index is 557. The van der Waals surface area contributed by atoms with E-state index in [4.69, 9.17) is 21.6 Å². The Morgan fingerprint density at radius 3 is 2.44 bits per heavy atom. The van der Waals surface area contributed by atoms with E-state index in [1.807, 2.05) is 48.5 Å². The zero-order chi connectivity index (χ0) is 12.8. The minimum Gasteiger partial charge on any atom is -0.457 e. The van der Waals surface area contributed by atoms with Gasteiger partial charge in [0.25, 0.3) is 0 Å². The van der Waals surface area contributed by atoms with Crippen LogP contribution in [-0.4, -0.2) is 0 Å². The Hall–Kier alpha value is -1.98. The normalized spacial score (nSPS) is 9.78.